The lowest BCUT2D eigenvalue weighted by Gasteiger charge is -2.00. The maximum Gasteiger partial charge on any atom is 0.226 e. The predicted octanol–water partition coefficient (Wildman–Crippen LogP) is 2.81. The third-order valence-electron chi connectivity index (χ3n) is 1.10. The van der Waals surface area contributed by atoms with Crippen LogP contribution >= 0.6 is 11.9 Å². The van der Waals surface area contributed by atoms with Gasteiger partial charge in [-0.05, 0) is 31.9 Å². The van der Waals surface area contributed by atoms with Gasteiger partial charge in [0.2, 0.25) is 5.91 Å². The van der Waals surface area contributed by atoms with Gasteiger partial charge in [-0.3, -0.25) is 9.52 Å². The highest BCUT2D eigenvalue weighted by Crippen LogP contribution is 2.12. The van der Waals surface area contributed by atoms with Crippen LogP contribution in [0.15, 0.2) is 35.3 Å². The first-order chi connectivity index (χ1) is 6.20. The number of hydrogen-bond acceptors (Lipinski definition) is 2. The number of nitrogens with one attached hydrogen (secondary N) is 1. The molecule has 0 radical (unpaired) electrons. The van der Waals surface area contributed by atoms with E-state index in [0.717, 1.165) is 4.91 Å². The van der Waals surface area contributed by atoms with Crippen LogP contribution in [0.3, 0.4) is 0 Å². The van der Waals surface area contributed by atoms with Crippen LogP contribution in [0.1, 0.15) is 20.8 Å². The molecule has 0 unspecified atom stereocenters. The number of allylic oxidation sites excluding steroid dienone is 5. The summed E-state index contributed by atoms with van der Waals surface area (Å²) in [4.78, 5) is 11.6. The van der Waals surface area contributed by atoms with Crippen LogP contribution in [0.25, 0.3) is 0 Å². The van der Waals surface area contributed by atoms with Gasteiger partial charge in [-0.15, -0.1) is 0 Å². The van der Waals surface area contributed by atoms with Crippen molar-refractivity contribution in [2.45, 2.75) is 20.8 Å². The summed E-state index contributed by atoms with van der Waals surface area (Å²) in [5.74, 6) is -0.0409. The fourth-order valence-electron chi connectivity index (χ4n) is 0.610. The summed E-state index contributed by atoms with van der Waals surface area (Å²) in [6, 6.07) is 0. The van der Waals surface area contributed by atoms with Gasteiger partial charge in [0.05, 0.1) is 0 Å². The topological polar surface area (TPSA) is 29.1 Å². The van der Waals surface area contributed by atoms with Crippen LogP contribution in [0.5, 0.6) is 0 Å². The van der Waals surface area contributed by atoms with Crippen LogP contribution in [-0.2, 0) is 4.79 Å². The van der Waals surface area contributed by atoms with E-state index in [4.69, 9.17) is 0 Å². The Kier molecular flexibility index (Phi) is 7.11. The van der Waals surface area contributed by atoms with Gasteiger partial charge in [0, 0.05) is 11.8 Å². The number of carbonyl (C=O) groups excluding carboxylic acids is 1. The van der Waals surface area contributed by atoms with Crippen LogP contribution in [0.4, 0.5) is 0 Å². The molecule has 0 saturated heterocycles. The highest BCUT2D eigenvalue weighted by molar-refractivity contribution is 8.01. The van der Waals surface area contributed by atoms with Crippen LogP contribution in [-0.4, -0.2) is 5.91 Å². The Morgan fingerprint density at radius 2 is 2.00 bits per heavy atom. The molecular weight excluding hydrogens is 182 g/mol. The van der Waals surface area contributed by atoms with Crippen molar-refractivity contribution in [3.8, 4) is 0 Å². The molecule has 0 spiro atoms. The van der Waals surface area contributed by atoms with Crippen molar-refractivity contribution in [2.75, 3.05) is 0 Å². The van der Waals surface area contributed by atoms with Crippen molar-refractivity contribution in [1.29, 1.82) is 0 Å². The molecule has 0 bridgehead atoms. The number of carbonyl (C=O) groups is 1. The first-order valence-corrected chi connectivity index (χ1v) is 4.91. The molecule has 0 aliphatic carbocycles. The SMILES string of the molecule is C\C=C/C=C(\C=C/C)SNC(C)=O. The van der Waals surface area contributed by atoms with Gasteiger partial charge in [-0.1, -0.05) is 24.3 Å². The van der Waals surface area contributed by atoms with Crippen molar-refractivity contribution in [1.82, 2.24) is 4.72 Å². The maximum absolute atomic E-state index is 10.6. The summed E-state index contributed by atoms with van der Waals surface area (Å²) in [5, 5.41) is 0. The predicted molar refractivity (Wildman–Crippen MR) is 59.1 cm³/mol. The molecule has 0 fully saturated rings. The molecule has 72 valence electrons. The van der Waals surface area contributed by atoms with E-state index in [1.54, 1.807) is 0 Å². The second-order valence-electron chi connectivity index (χ2n) is 2.36. The molecule has 0 atom stereocenters. The number of rotatable bonds is 4. The number of amides is 1. The van der Waals surface area contributed by atoms with E-state index in [9.17, 15) is 4.79 Å². The molecular formula is C10H15NOS. The van der Waals surface area contributed by atoms with E-state index in [1.807, 2.05) is 44.2 Å². The fraction of sp³-hybridized carbons (Fsp3) is 0.300. The normalized spacial score (nSPS) is 12.7. The molecule has 0 rings (SSSR count). The molecule has 2 nitrogen and oxygen atoms in total. The van der Waals surface area contributed by atoms with Crippen LogP contribution in [0.2, 0.25) is 0 Å². The van der Waals surface area contributed by atoms with Crippen molar-refractivity contribution < 1.29 is 4.79 Å². The summed E-state index contributed by atoms with van der Waals surface area (Å²) in [5.41, 5.74) is 0. The van der Waals surface area contributed by atoms with Gasteiger partial charge in [-0.2, -0.15) is 0 Å². The average Bonchev–Trinajstić information content (AvgIpc) is 2.09. The van der Waals surface area contributed by atoms with E-state index in [-0.39, 0.29) is 5.91 Å². The van der Waals surface area contributed by atoms with Gasteiger partial charge >= 0.3 is 0 Å². The number of hydrogen-bond donors (Lipinski definition) is 1. The maximum atomic E-state index is 10.6. The molecule has 0 heterocycles. The summed E-state index contributed by atoms with van der Waals surface area (Å²) < 4.78 is 2.66. The Hall–Kier alpha value is -0.960. The van der Waals surface area contributed by atoms with Crippen LogP contribution in [0, 0.1) is 0 Å². The molecule has 0 saturated carbocycles. The van der Waals surface area contributed by atoms with Crippen molar-refractivity contribution in [3.05, 3.63) is 35.3 Å². The molecule has 13 heavy (non-hydrogen) atoms. The lowest BCUT2D eigenvalue weighted by molar-refractivity contribution is -0.117. The minimum absolute atomic E-state index is 0.0409. The third kappa shape index (κ3) is 7.40. The second kappa shape index (κ2) is 7.68. The quantitative estimate of drug-likeness (QED) is 0.554. The van der Waals surface area contributed by atoms with Crippen molar-refractivity contribution in [3.63, 3.8) is 0 Å². The molecule has 1 amide bonds. The van der Waals surface area contributed by atoms with Gasteiger partial charge < -0.3 is 0 Å². The third-order valence-corrected chi connectivity index (χ3v) is 1.99. The molecule has 3 heteroatoms. The minimum Gasteiger partial charge on any atom is -0.296 e. The van der Waals surface area contributed by atoms with E-state index in [0.29, 0.717) is 0 Å². The smallest absolute Gasteiger partial charge is 0.226 e. The van der Waals surface area contributed by atoms with Crippen molar-refractivity contribution >= 4 is 17.9 Å². The van der Waals surface area contributed by atoms with E-state index in [1.165, 1.54) is 18.9 Å². The monoisotopic (exact) mass is 197 g/mol. The average molecular weight is 197 g/mol. The van der Waals surface area contributed by atoms with E-state index >= 15 is 0 Å². The van der Waals surface area contributed by atoms with Gasteiger partial charge in [0.25, 0.3) is 0 Å². The van der Waals surface area contributed by atoms with Gasteiger partial charge in [-0.25, -0.2) is 0 Å². The molecule has 1 N–H and O–H groups in total. The minimum atomic E-state index is -0.0409. The lowest BCUT2D eigenvalue weighted by Crippen LogP contribution is -2.09. The molecule has 0 aliphatic rings. The standard InChI is InChI=1S/C10H15NOS/c1-4-6-8-10(7-5-2)13-11-9(3)12/h4-8H,1-3H3,(H,11,12)/b6-4-,7-5-,10-8+. The highest BCUT2D eigenvalue weighted by Gasteiger charge is 1.93. The molecule has 0 aromatic rings. The van der Waals surface area contributed by atoms with E-state index in [2.05, 4.69) is 4.72 Å². The Morgan fingerprint density at radius 1 is 1.31 bits per heavy atom. The fourth-order valence-corrected chi connectivity index (χ4v) is 1.22. The Balaban J connectivity index is 4.17. The zero-order valence-corrected chi connectivity index (χ0v) is 9.02. The summed E-state index contributed by atoms with van der Waals surface area (Å²) in [7, 11) is 0. The Morgan fingerprint density at radius 3 is 2.46 bits per heavy atom. The first kappa shape index (κ1) is 12.0. The Bertz CT molecular complexity index is 241. The summed E-state index contributed by atoms with van der Waals surface area (Å²) in [6.07, 6.45) is 9.70. The van der Waals surface area contributed by atoms with Crippen LogP contribution < -0.4 is 4.72 Å². The first-order valence-electron chi connectivity index (χ1n) is 4.09. The van der Waals surface area contributed by atoms with Gasteiger partial charge in [0.15, 0.2) is 0 Å². The second-order valence-corrected chi connectivity index (χ2v) is 3.23. The highest BCUT2D eigenvalue weighted by atomic mass is 32.2. The zero-order valence-electron chi connectivity index (χ0n) is 8.20. The van der Waals surface area contributed by atoms with Gasteiger partial charge in [0.1, 0.15) is 0 Å². The molecule has 0 aliphatic heterocycles. The lowest BCUT2D eigenvalue weighted by atomic mass is 10.4. The molecule has 0 aromatic carbocycles. The molecule has 0 aromatic heterocycles. The summed E-state index contributed by atoms with van der Waals surface area (Å²) in [6.45, 7) is 5.39. The Labute approximate surface area is 83.9 Å². The largest absolute Gasteiger partial charge is 0.296 e. The van der Waals surface area contributed by atoms with Crippen molar-refractivity contribution in [2.24, 2.45) is 0 Å². The van der Waals surface area contributed by atoms with E-state index < -0.39 is 0 Å². The summed E-state index contributed by atoms with van der Waals surface area (Å²) >= 11 is 1.32. The zero-order chi connectivity index (χ0) is 10.1.